The zero-order valence-electron chi connectivity index (χ0n) is 20.3. The molecule has 1 aromatic rings. The molecule has 1 aromatic heterocycles. The Morgan fingerprint density at radius 1 is 1.24 bits per heavy atom. The van der Waals surface area contributed by atoms with E-state index in [0.29, 0.717) is 24.3 Å². The normalized spacial score (nSPS) is 31.8. The highest BCUT2D eigenvalue weighted by Gasteiger charge is 2.45. The minimum Gasteiger partial charge on any atom is -0.342 e. The Morgan fingerprint density at radius 3 is 2.67 bits per heavy atom. The predicted octanol–water partition coefficient (Wildman–Crippen LogP) is 4.45. The van der Waals surface area contributed by atoms with Crippen LogP contribution < -0.4 is 5.32 Å². The number of rotatable bonds is 7. The number of carbonyl (C=O) groups excluding carboxylic acids is 2. The maximum Gasteiger partial charge on any atom is 0.242 e. The van der Waals surface area contributed by atoms with Gasteiger partial charge in [-0.25, -0.2) is 0 Å². The minimum absolute atomic E-state index is 0.0956. The van der Waals surface area contributed by atoms with Crippen molar-refractivity contribution in [2.24, 2.45) is 22.7 Å². The number of hydrogen-bond acceptors (Lipinski definition) is 5. The maximum absolute atomic E-state index is 12.9. The Hall–Kier alpha value is -1.89. The van der Waals surface area contributed by atoms with Crippen LogP contribution in [0.5, 0.6) is 0 Å². The second kappa shape index (κ2) is 10.6. The average molecular weight is 471 g/mol. The number of thioether (sulfide) groups is 1. The number of hydrogen-bond donors (Lipinski definition) is 1. The van der Waals surface area contributed by atoms with Crippen molar-refractivity contribution < 1.29 is 9.59 Å². The Kier molecular flexibility index (Phi) is 7.77. The number of piperidine rings is 1. The SMILES string of the molecule is CCCC1CC(C)C(N=C2NC(=O)C(C)(CC3CCN(C(=O)Cc4ccncc4)CC3)S2)C1. The topological polar surface area (TPSA) is 74.7 Å². The number of nitrogens with one attached hydrogen (secondary N) is 1. The lowest BCUT2D eigenvalue weighted by atomic mass is 9.87. The molecule has 180 valence electrons. The molecule has 6 nitrogen and oxygen atoms in total. The summed E-state index contributed by atoms with van der Waals surface area (Å²) >= 11 is 1.63. The molecule has 2 aliphatic heterocycles. The molecule has 4 rings (SSSR count). The van der Waals surface area contributed by atoms with Crippen LogP contribution in [-0.2, 0) is 16.0 Å². The number of aromatic nitrogens is 1. The summed E-state index contributed by atoms with van der Waals surface area (Å²) in [6.07, 6.45) is 11.6. The van der Waals surface area contributed by atoms with E-state index in [1.54, 1.807) is 24.2 Å². The van der Waals surface area contributed by atoms with Crippen molar-refractivity contribution in [1.29, 1.82) is 0 Å². The summed E-state index contributed by atoms with van der Waals surface area (Å²) in [5, 5.41) is 3.91. The van der Waals surface area contributed by atoms with Gasteiger partial charge in [0.1, 0.15) is 0 Å². The van der Waals surface area contributed by atoms with Crippen molar-refractivity contribution in [3.05, 3.63) is 30.1 Å². The Morgan fingerprint density at radius 2 is 1.97 bits per heavy atom. The highest BCUT2D eigenvalue weighted by molar-refractivity contribution is 8.16. The lowest BCUT2D eigenvalue weighted by Gasteiger charge is -2.34. The number of pyridine rings is 1. The lowest BCUT2D eigenvalue weighted by Crippen LogP contribution is -2.42. The molecule has 3 aliphatic rings. The summed E-state index contributed by atoms with van der Waals surface area (Å²) in [6.45, 7) is 8.17. The van der Waals surface area contributed by atoms with Gasteiger partial charge in [0.2, 0.25) is 11.8 Å². The third kappa shape index (κ3) is 5.97. The van der Waals surface area contributed by atoms with E-state index in [2.05, 4.69) is 31.1 Å². The highest BCUT2D eigenvalue weighted by Crippen LogP contribution is 2.42. The molecule has 7 heteroatoms. The fraction of sp³-hybridized carbons (Fsp3) is 0.692. The van der Waals surface area contributed by atoms with Gasteiger partial charge in [0.15, 0.2) is 5.17 Å². The van der Waals surface area contributed by atoms with Crippen molar-refractivity contribution in [2.75, 3.05) is 13.1 Å². The van der Waals surface area contributed by atoms with Crippen LogP contribution in [0.2, 0.25) is 0 Å². The molecule has 0 aromatic carbocycles. The predicted molar refractivity (Wildman–Crippen MR) is 134 cm³/mol. The molecule has 4 unspecified atom stereocenters. The first-order chi connectivity index (χ1) is 15.9. The van der Waals surface area contributed by atoms with Crippen LogP contribution in [0.4, 0.5) is 0 Å². The largest absolute Gasteiger partial charge is 0.342 e. The van der Waals surface area contributed by atoms with Crippen molar-refractivity contribution in [2.45, 2.75) is 82.9 Å². The van der Waals surface area contributed by atoms with Gasteiger partial charge in [0.25, 0.3) is 0 Å². The Bertz CT molecular complexity index is 868. The zero-order chi connectivity index (χ0) is 23.4. The van der Waals surface area contributed by atoms with Crippen LogP contribution in [-0.4, -0.2) is 50.7 Å². The van der Waals surface area contributed by atoms with E-state index in [1.165, 1.54) is 19.3 Å². The number of carbonyl (C=O) groups is 2. The number of amidine groups is 1. The summed E-state index contributed by atoms with van der Waals surface area (Å²) in [4.78, 5) is 36.5. The van der Waals surface area contributed by atoms with Gasteiger partial charge in [-0.2, -0.15) is 0 Å². The molecule has 3 fully saturated rings. The van der Waals surface area contributed by atoms with Crippen molar-refractivity contribution in [1.82, 2.24) is 15.2 Å². The van der Waals surface area contributed by atoms with E-state index in [-0.39, 0.29) is 11.8 Å². The van der Waals surface area contributed by atoms with E-state index < -0.39 is 4.75 Å². The average Bonchev–Trinajstić information content (AvgIpc) is 3.27. The van der Waals surface area contributed by atoms with Gasteiger partial charge in [-0.1, -0.05) is 38.5 Å². The number of amides is 2. The van der Waals surface area contributed by atoms with Crippen LogP contribution in [0.1, 0.15) is 71.3 Å². The molecule has 1 saturated carbocycles. The van der Waals surface area contributed by atoms with E-state index >= 15 is 0 Å². The number of likely N-dealkylation sites (tertiary alicyclic amines) is 1. The monoisotopic (exact) mass is 470 g/mol. The van der Waals surface area contributed by atoms with Gasteiger partial charge in [-0.15, -0.1) is 0 Å². The first-order valence-electron chi connectivity index (χ1n) is 12.6. The summed E-state index contributed by atoms with van der Waals surface area (Å²) in [5.74, 6) is 2.10. The summed E-state index contributed by atoms with van der Waals surface area (Å²) in [5.41, 5.74) is 1.01. The van der Waals surface area contributed by atoms with Gasteiger partial charge in [0.05, 0.1) is 17.2 Å². The standard InChI is InChI=1S/C26H38N4O2S/c1-4-5-21-14-18(2)22(15-21)28-25-29-24(32)26(3,33-25)17-20-8-12-30(13-9-20)23(31)16-19-6-10-27-11-7-19/h6-7,10-11,18,20-22H,4-5,8-9,12-17H2,1-3H3,(H,28,29,32). The molecule has 1 aliphatic carbocycles. The van der Waals surface area contributed by atoms with Crippen molar-refractivity contribution in [3.63, 3.8) is 0 Å². The third-order valence-electron chi connectivity index (χ3n) is 7.69. The molecule has 0 radical (unpaired) electrons. The fourth-order valence-electron chi connectivity index (χ4n) is 5.76. The molecule has 33 heavy (non-hydrogen) atoms. The van der Waals surface area contributed by atoms with Crippen molar-refractivity contribution in [3.8, 4) is 0 Å². The van der Waals surface area contributed by atoms with Crippen LogP contribution in [0.15, 0.2) is 29.5 Å². The quantitative estimate of drug-likeness (QED) is 0.639. The van der Waals surface area contributed by atoms with Crippen LogP contribution in [0.3, 0.4) is 0 Å². The van der Waals surface area contributed by atoms with Crippen LogP contribution in [0.25, 0.3) is 0 Å². The second-order valence-electron chi connectivity index (χ2n) is 10.5. The molecule has 2 saturated heterocycles. The summed E-state index contributed by atoms with van der Waals surface area (Å²) in [7, 11) is 0. The summed E-state index contributed by atoms with van der Waals surface area (Å²) < 4.78 is -0.461. The Labute approximate surface area is 202 Å². The summed E-state index contributed by atoms with van der Waals surface area (Å²) in [6, 6.07) is 4.13. The van der Waals surface area contributed by atoms with Crippen molar-refractivity contribution >= 4 is 28.7 Å². The molecular formula is C26H38N4O2S. The van der Waals surface area contributed by atoms with Gasteiger partial charge < -0.3 is 10.2 Å². The fourth-order valence-corrected chi connectivity index (χ4v) is 6.98. The van der Waals surface area contributed by atoms with E-state index in [1.807, 2.05) is 17.0 Å². The van der Waals surface area contributed by atoms with E-state index in [9.17, 15) is 9.59 Å². The maximum atomic E-state index is 12.9. The highest BCUT2D eigenvalue weighted by atomic mass is 32.2. The molecular weight excluding hydrogens is 432 g/mol. The first-order valence-corrected chi connectivity index (χ1v) is 13.4. The van der Waals surface area contributed by atoms with Gasteiger partial charge >= 0.3 is 0 Å². The third-order valence-corrected chi connectivity index (χ3v) is 8.89. The Balaban J connectivity index is 1.28. The van der Waals surface area contributed by atoms with Gasteiger partial charge in [-0.05, 0) is 74.5 Å². The second-order valence-corrected chi connectivity index (χ2v) is 11.9. The smallest absolute Gasteiger partial charge is 0.242 e. The van der Waals surface area contributed by atoms with Gasteiger partial charge in [0, 0.05) is 25.5 Å². The van der Waals surface area contributed by atoms with E-state index in [0.717, 1.165) is 55.4 Å². The molecule has 4 atom stereocenters. The number of nitrogens with zero attached hydrogens (tertiary/aromatic N) is 3. The van der Waals surface area contributed by atoms with Crippen LogP contribution in [0, 0.1) is 17.8 Å². The lowest BCUT2D eigenvalue weighted by molar-refractivity contribution is -0.132. The minimum atomic E-state index is -0.461. The zero-order valence-corrected chi connectivity index (χ0v) is 21.1. The molecule has 0 bridgehead atoms. The van der Waals surface area contributed by atoms with Gasteiger partial charge in [-0.3, -0.25) is 19.6 Å². The molecule has 0 spiro atoms. The molecule has 3 heterocycles. The number of aliphatic imine (C=N–C) groups is 1. The molecule has 1 N–H and O–H groups in total. The van der Waals surface area contributed by atoms with E-state index in [4.69, 9.17) is 4.99 Å². The first kappa shape index (κ1) is 24.2. The van der Waals surface area contributed by atoms with Crippen LogP contribution >= 0.6 is 11.8 Å². The molecule has 2 amide bonds.